The third kappa shape index (κ3) is 7.54. The van der Waals surface area contributed by atoms with E-state index < -0.39 is 17.4 Å². The molecule has 0 spiro atoms. The maximum Gasteiger partial charge on any atom is 0.172 e. The summed E-state index contributed by atoms with van der Waals surface area (Å²) in [6, 6.07) is 0. The van der Waals surface area contributed by atoms with Crippen LogP contribution in [-0.4, -0.2) is 29.9 Å². The molecule has 0 radical (unpaired) electrons. The Bertz CT molecular complexity index is 297. The number of ether oxygens (including phenoxy) is 1. The second-order valence-corrected chi connectivity index (χ2v) is 6.56. The molecule has 0 amide bonds. The Balaban J connectivity index is 4.04. The van der Waals surface area contributed by atoms with E-state index in [1.807, 2.05) is 20.8 Å². The van der Waals surface area contributed by atoms with Gasteiger partial charge in [0.1, 0.15) is 6.61 Å². The first-order valence-electron chi connectivity index (χ1n) is 6.27. The van der Waals surface area contributed by atoms with Crippen molar-refractivity contribution in [2.24, 2.45) is 5.41 Å². The Hall–Kier alpha value is -0.770. The molecule has 0 fully saturated rings. The van der Waals surface area contributed by atoms with Crippen molar-refractivity contribution in [1.29, 1.82) is 0 Å². The fourth-order valence-corrected chi connectivity index (χ4v) is 1.26. The van der Waals surface area contributed by atoms with Crippen LogP contribution >= 0.6 is 0 Å². The number of carbonyl (C=O) groups excluding carboxylic acids is 2. The maximum absolute atomic E-state index is 13.6. The van der Waals surface area contributed by atoms with Crippen LogP contribution in [0.1, 0.15) is 54.4 Å². The maximum atomic E-state index is 13.6. The molecule has 0 bridgehead atoms. The molecular formula is C14H25FO3. The lowest BCUT2D eigenvalue weighted by Gasteiger charge is -2.20. The summed E-state index contributed by atoms with van der Waals surface area (Å²) in [5, 5.41) is 0. The minimum Gasteiger partial charge on any atom is -0.368 e. The summed E-state index contributed by atoms with van der Waals surface area (Å²) in [5.41, 5.74) is -1.09. The molecule has 18 heavy (non-hydrogen) atoms. The molecule has 3 nitrogen and oxygen atoms in total. The van der Waals surface area contributed by atoms with E-state index in [1.165, 1.54) is 0 Å². The number of alkyl halides is 1. The van der Waals surface area contributed by atoms with Crippen LogP contribution in [0.4, 0.5) is 4.39 Å². The highest BCUT2D eigenvalue weighted by Crippen LogP contribution is 2.21. The van der Waals surface area contributed by atoms with Crippen LogP contribution in [-0.2, 0) is 14.3 Å². The summed E-state index contributed by atoms with van der Waals surface area (Å²) >= 11 is 0. The van der Waals surface area contributed by atoms with Gasteiger partial charge in [-0.1, -0.05) is 20.8 Å². The SMILES string of the molecule is CC(C)(C)OCC(=O)CC[C@@H](F)C(=O)C(C)(C)C. The molecule has 0 aromatic carbocycles. The van der Waals surface area contributed by atoms with Gasteiger partial charge in [0.25, 0.3) is 0 Å². The van der Waals surface area contributed by atoms with Gasteiger partial charge in [0.2, 0.25) is 0 Å². The molecule has 0 rings (SSSR count). The highest BCUT2D eigenvalue weighted by Gasteiger charge is 2.29. The van der Waals surface area contributed by atoms with E-state index in [4.69, 9.17) is 4.74 Å². The standard InChI is InChI=1S/C14H25FO3/c1-13(2,3)12(17)11(15)8-7-10(16)9-18-14(4,5)6/h11H,7-9H2,1-6H3/t11-/m1/s1. The van der Waals surface area contributed by atoms with E-state index in [-0.39, 0.29) is 30.8 Å². The van der Waals surface area contributed by atoms with Gasteiger partial charge < -0.3 is 4.74 Å². The molecule has 106 valence electrons. The summed E-state index contributed by atoms with van der Waals surface area (Å²) in [4.78, 5) is 23.0. The zero-order chi connectivity index (χ0) is 14.6. The van der Waals surface area contributed by atoms with Crippen LogP contribution in [0.3, 0.4) is 0 Å². The van der Waals surface area contributed by atoms with Crippen molar-refractivity contribution in [3.8, 4) is 0 Å². The van der Waals surface area contributed by atoms with E-state index >= 15 is 0 Å². The van der Waals surface area contributed by atoms with Crippen molar-refractivity contribution >= 4 is 11.6 Å². The van der Waals surface area contributed by atoms with Gasteiger partial charge in [0.05, 0.1) is 5.60 Å². The molecule has 0 aromatic heterocycles. The molecule has 1 atom stereocenters. The van der Waals surface area contributed by atoms with Gasteiger partial charge in [-0.05, 0) is 27.2 Å². The summed E-state index contributed by atoms with van der Waals surface area (Å²) < 4.78 is 18.9. The number of hydrogen-bond acceptors (Lipinski definition) is 3. The first kappa shape index (κ1) is 17.2. The quantitative estimate of drug-likeness (QED) is 0.737. The lowest BCUT2D eigenvalue weighted by atomic mass is 9.86. The lowest BCUT2D eigenvalue weighted by Crippen LogP contribution is -2.30. The van der Waals surface area contributed by atoms with E-state index in [2.05, 4.69) is 0 Å². The average molecular weight is 260 g/mol. The van der Waals surface area contributed by atoms with E-state index in [0.29, 0.717) is 0 Å². The monoisotopic (exact) mass is 260 g/mol. The molecule has 0 aliphatic rings. The topological polar surface area (TPSA) is 43.4 Å². The Kier molecular flexibility index (Phi) is 6.14. The number of ketones is 2. The first-order chi connectivity index (χ1) is 7.93. The molecule has 0 aliphatic heterocycles. The van der Waals surface area contributed by atoms with E-state index in [1.54, 1.807) is 20.8 Å². The fourth-order valence-electron chi connectivity index (χ4n) is 1.26. The van der Waals surface area contributed by atoms with Gasteiger partial charge in [-0.2, -0.15) is 0 Å². The van der Waals surface area contributed by atoms with Gasteiger partial charge in [0.15, 0.2) is 17.7 Å². The van der Waals surface area contributed by atoms with Gasteiger partial charge in [-0.25, -0.2) is 4.39 Å². The lowest BCUT2D eigenvalue weighted by molar-refractivity contribution is -0.133. The Labute approximate surface area is 109 Å². The Morgan fingerprint density at radius 3 is 2.00 bits per heavy atom. The van der Waals surface area contributed by atoms with Gasteiger partial charge in [-0.15, -0.1) is 0 Å². The summed E-state index contributed by atoms with van der Waals surface area (Å²) in [5.74, 6) is -0.624. The fraction of sp³-hybridized carbons (Fsp3) is 0.857. The van der Waals surface area contributed by atoms with Crippen molar-refractivity contribution < 1.29 is 18.7 Å². The zero-order valence-corrected chi connectivity index (χ0v) is 12.3. The summed E-state index contributed by atoms with van der Waals surface area (Å²) in [7, 11) is 0. The van der Waals surface area contributed by atoms with Crippen molar-refractivity contribution in [2.45, 2.75) is 66.2 Å². The Morgan fingerprint density at radius 1 is 1.11 bits per heavy atom. The van der Waals surface area contributed by atoms with Crippen LogP contribution in [0.25, 0.3) is 0 Å². The molecule has 4 heteroatoms. The highest BCUT2D eigenvalue weighted by molar-refractivity contribution is 5.88. The normalized spacial score (nSPS) is 14.4. The van der Waals surface area contributed by atoms with Crippen LogP contribution in [0, 0.1) is 5.41 Å². The van der Waals surface area contributed by atoms with E-state index in [9.17, 15) is 14.0 Å². The summed E-state index contributed by atoms with van der Waals surface area (Å²) in [6.45, 7) is 10.5. The number of rotatable bonds is 6. The first-order valence-corrected chi connectivity index (χ1v) is 6.27. The minimum atomic E-state index is -1.57. The van der Waals surface area contributed by atoms with Crippen LogP contribution in [0.2, 0.25) is 0 Å². The van der Waals surface area contributed by atoms with Crippen molar-refractivity contribution in [3.05, 3.63) is 0 Å². The second kappa shape index (κ2) is 6.41. The molecule has 0 heterocycles. The van der Waals surface area contributed by atoms with Crippen LogP contribution in [0.5, 0.6) is 0 Å². The van der Waals surface area contributed by atoms with Gasteiger partial charge >= 0.3 is 0 Å². The molecular weight excluding hydrogens is 235 g/mol. The molecule has 0 aromatic rings. The third-order valence-electron chi connectivity index (χ3n) is 2.37. The average Bonchev–Trinajstić information content (AvgIpc) is 2.19. The van der Waals surface area contributed by atoms with Crippen LogP contribution in [0.15, 0.2) is 0 Å². The van der Waals surface area contributed by atoms with Crippen LogP contribution < -0.4 is 0 Å². The zero-order valence-electron chi connectivity index (χ0n) is 12.3. The minimum absolute atomic E-state index is 0.0278. The van der Waals surface area contributed by atoms with Crippen molar-refractivity contribution in [1.82, 2.24) is 0 Å². The second-order valence-electron chi connectivity index (χ2n) is 6.56. The smallest absolute Gasteiger partial charge is 0.172 e. The number of carbonyl (C=O) groups is 2. The van der Waals surface area contributed by atoms with Gasteiger partial charge in [-0.3, -0.25) is 9.59 Å². The van der Waals surface area contributed by atoms with Gasteiger partial charge in [0, 0.05) is 11.8 Å². The molecule has 0 aliphatic carbocycles. The Morgan fingerprint density at radius 2 is 1.61 bits per heavy atom. The predicted octanol–water partition coefficient (Wildman–Crippen LogP) is 3.10. The van der Waals surface area contributed by atoms with Crippen molar-refractivity contribution in [2.75, 3.05) is 6.61 Å². The number of hydrogen-bond donors (Lipinski definition) is 0. The number of halogens is 1. The van der Waals surface area contributed by atoms with E-state index in [0.717, 1.165) is 0 Å². The predicted molar refractivity (Wildman–Crippen MR) is 69.3 cm³/mol. The summed E-state index contributed by atoms with van der Waals surface area (Å²) in [6.07, 6.45) is -1.58. The third-order valence-corrected chi connectivity index (χ3v) is 2.37. The molecule has 0 N–H and O–H groups in total. The van der Waals surface area contributed by atoms with Crippen molar-refractivity contribution in [3.63, 3.8) is 0 Å². The molecule has 0 unspecified atom stereocenters. The molecule has 0 saturated carbocycles. The number of Topliss-reactive ketones (excluding diaryl/α,β-unsaturated/α-hetero) is 2. The molecule has 0 saturated heterocycles. The largest absolute Gasteiger partial charge is 0.368 e. The highest BCUT2D eigenvalue weighted by atomic mass is 19.1.